The number of aromatic nitrogens is 2. The average molecular weight is 415 g/mol. The highest BCUT2D eigenvalue weighted by Gasteiger charge is 2.31. The fourth-order valence-electron chi connectivity index (χ4n) is 5.77. The summed E-state index contributed by atoms with van der Waals surface area (Å²) in [4.78, 5) is 14.9. The number of carbonyl (C=O) groups excluding carboxylic acids is 1. The molecule has 5 nitrogen and oxygen atoms in total. The lowest BCUT2D eigenvalue weighted by molar-refractivity contribution is 0.0736. The number of hydrogen-bond donors (Lipinski definition) is 1. The number of rotatable bonds is 5. The van der Waals surface area contributed by atoms with Gasteiger partial charge in [0.15, 0.2) is 0 Å². The van der Waals surface area contributed by atoms with E-state index in [1.165, 1.54) is 61.7 Å². The first-order valence-electron chi connectivity index (χ1n) is 11.8. The maximum atomic E-state index is 12.2. The summed E-state index contributed by atoms with van der Waals surface area (Å²) in [7, 11) is 0. The molecule has 3 aromatic rings. The summed E-state index contributed by atoms with van der Waals surface area (Å²) in [5, 5.41) is 9.94. The van der Waals surface area contributed by atoms with Gasteiger partial charge in [-0.1, -0.05) is 24.6 Å². The highest BCUT2D eigenvalue weighted by molar-refractivity contribution is 6.24. The molecule has 2 aromatic carbocycles. The van der Waals surface area contributed by atoms with E-state index in [1.807, 2.05) is 24.4 Å². The van der Waals surface area contributed by atoms with E-state index in [0.29, 0.717) is 6.04 Å². The summed E-state index contributed by atoms with van der Waals surface area (Å²) >= 11 is 0. The van der Waals surface area contributed by atoms with Gasteiger partial charge in [-0.05, 0) is 67.2 Å². The van der Waals surface area contributed by atoms with Crippen molar-refractivity contribution >= 4 is 22.4 Å². The number of likely N-dealkylation sites (tertiary alicyclic amines) is 1. The van der Waals surface area contributed by atoms with E-state index in [9.17, 15) is 4.79 Å². The van der Waals surface area contributed by atoms with Crippen molar-refractivity contribution in [1.29, 1.82) is 0 Å². The second-order valence-electron chi connectivity index (χ2n) is 9.66. The summed E-state index contributed by atoms with van der Waals surface area (Å²) in [5.41, 5.74) is 4.20. The predicted molar refractivity (Wildman–Crippen MR) is 124 cm³/mol. The zero-order valence-corrected chi connectivity index (χ0v) is 18.2. The fourth-order valence-corrected chi connectivity index (χ4v) is 5.77. The highest BCUT2D eigenvalue weighted by Crippen LogP contribution is 2.36. The molecule has 5 heteroatoms. The molecule has 2 aliphatic heterocycles. The topological polar surface area (TPSA) is 50.2 Å². The Morgan fingerprint density at radius 3 is 2.74 bits per heavy atom. The Labute approximate surface area is 183 Å². The Balaban J connectivity index is 1.16. The monoisotopic (exact) mass is 414 g/mol. The van der Waals surface area contributed by atoms with Gasteiger partial charge < -0.3 is 10.2 Å². The van der Waals surface area contributed by atoms with Crippen LogP contribution in [0.2, 0.25) is 0 Å². The van der Waals surface area contributed by atoms with Crippen molar-refractivity contribution in [2.75, 3.05) is 18.4 Å². The van der Waals surface area contributed by atoms with Gasteiger partial charge in [0.05, 0.1) is 12.2 Å². The molecule has 1 amide bonds. The molecular formula is C26H30N4O. The van der Waals surface area contributed by atoms with Crippen LogP contribution in [0, 0.1) is 5.92 Å². The Morgan fingerprint density at radius 2 is 1.97 bits per heavy atom. The third-order valence-corrected chi connectivity index (χ3v) is 7.95. The van der Waals surface area contributed by atoms with E-state index in [-0.39, 0.29) is 5.91 Å². The average Bonchev–Trinajstić information content (AvgIpc) is 3.35. The van der Waals surface area contributed by atoms with Crippen LogP contribution in [0.3, 0.4) is 0 Å². The molecule has 3 heterocycles. The fraction of sp³-hybridized carbons (Fsp3) is 0.462. The zero-order chi connectivity index (χ0) is 20.9. The summed E-state index contributed by atoms with van der Waals surface area (Å²) in [6.07, 6.45) is 11.7. The summed E-state index contributed by atoms with van der Waals surface area (Å²) in [6.45, 7) is 4.80. The lowest BCUT2D eigenvalue weighted by atomic mass is 9.79. The highest BCUT2D eigenvalue weighted by atomic mass is 16.1. The van der Waals surface area contributed by atoms with Crippen LogP contribution < -0.4 is 5.32 Å². The van der Waals surface area contributed by atoms with Gasteiger partial charge in [0.1, 0.15) is 0 Å². The largest absolute Gasteiger partial charge is 0.321 e. The first-order chi connectivity index (χ1) is 15.2. The van der Waals surface area contributed by atoms with Crippen molar-refractivity contribution in [2.45, 2.75) is 57.5 Å². The van der Waals surface area contributed by atoms with Crippen LogP contribution in [0.25, 0.3) is 10.8 Å². The molecule has 1 saturated heterocycles. The van der Waals surface area contributed by atoms with Crippen LogP contribution in [0.4, 0.5) is 5.69 Å². The van der Waals surface area contributed by atoms with Crippen LogP contribution in [-0.2, 0) is 6.42 Å². The lowest BCUT2D eigenvalue weighted by Gasteiger charge is -2.42. The smallest absolute Gasteiger partial charge is 0.256 e. The van der Waals surface area contributed by atoms with E-state index in [4.69, 9.17) is 5.10 Å². The van der Waals surface area contributed by atoms with Crippen LogP contribution in [0.5, 0.6) is 0 Å². The van der Waals surface area contributed by atoms with Crippen molar-refractivity contribution in [3.8, 4) is 0 Å². The lowest BCUT2D eigenvalue weighted by Crippen LogP contribution is -2.45. The number of hydrogen-bond acceptors (Lipinski definition) is 3. The Kier molecular flexibility index (Phi) is 4.60. The molecule has 0 unspecified atom stereocenters. The Hall–Kier alpha value is -2.66. The van der Waals surface area contributed by atoms with E-state index in [0.717, 1.165) is 35.0 Å². The molecule has 0 radical (unpaired) electrons. The first kappa shape index (κ1) is 19.1. The van der Waals surface area contributed by atoms with Crippen LogP contribution in [-0.4, -0.2) is 39.7 Å². The van der Waals surface area contributed by atoms with Gasteiger partial charge in [-0.2, -0.15) is 5.10 Å². The van der Waals surface area contributed by atoms with Crippen LogP contribution in [0.1, 0.15) is 66.6 Å². The molecule has 0 spiro atoms. The first-order valence-corrected chi connectivity index (χ1v) is 11.8. The third kappa shape index (κ3) is 3.26. The standard InChI is InChI=1S/C26H30N4O/c1-17(19-4-2-5-19)29-12-10-21(11-13-29)30-16-18(15-27-30)14-20-8-9-24-25-22(20)6-3-7-23(25)26(31)28-24/h3,6-9,15-17,19,21H,2,4-5,10-14H2,1H3,(H,28,31)/t17-/m1/s1. The van der Waals surface area contributed by atoms with Crippen LogP contribution in [0.15, 0.2) is 42.7 Å². The number of amides is 1. The molecule has 160 valence electrons. The number of nitrogens with one attached hydrogen (secondary N) is 1. The van der Waals surface area contributed by atoms with Gasteiger partial charge in [0.25, 0.3) is 5.91 Å². The SMILES string of the molecule is C[C@H](C1CCC1)N1CCC(n2cc(Cc3ccc4c5c(cccc35)C(=O)N4)cn2)CC1. The minimum atomic E-state index is 0.00328. The maximum Gasteiger partial charge on any atom is 0.256 e. The maximum absolute atomic E-state index is 12.2. The van der Waals surface area contributed by atoms with E-state index in [2.05, 4.69) is 40.2 Å². The summed E-state index contributed by atoms with van der Waals surface area (Å²) in [5.74, 6) is 0.930. The summed E-state index contributed by atoms with van der Waals surface area (Å²) in [6, 6.07) is 11.5. The number of nitrogens with zero attached hydrogens (tertiary/aromatic N) is 3. The molecule has 31 heavy (non-hydrogen) atoms. The summed E-state index contributed by atoms with van der Waals surface area (Å²) < 4.78 is 2.20. The van der Waals surface area contributed by atoms with Crippen molar-refractivity contribution in [2.24, 2.45) is 5.92 Å². The minimum absolute atomic E-state index is 0.00328. The predicted octanol–water partition coefficient (Wildman–Crippen LogP) is 5.02. The van der Waals surface area contributed by atoms with Crippen molar-refractivity contribution in [3.05, 3.63) is 59.4 Å². The number of piperidine rings is 1. The molecule has 1 saturated carbocycles. The quantitative estimate of drug-likeness (QED) is 0.638. The van der Waals surface area contributed by atoms with E-state index < -0.39 is 0 Å². The van der Waals surface area contributed by atoms with Gasteiger partial charge in [0.2, 0.25) is 0 Å². The van der Waals surface area contributed by atoms with Gasteiger partial charge in [-0.3, -0.25) is 9.48 Å². The van der Waals surface area contributed by atoms with Gasteiger partial charge in [-0.25, -0.2) is 0 Å². The molecule has 1 aliphatic carbocycles. The second kappa shape index (κ2) is 7.49. The molecular weight excluding hydrogens is 384 g/mol. The van der Waals surface area contributed by atoms with Crippen LogP contribution >= 0.6 is 0 Å². The van der Waals surface area contributed by atoms with Gasteiger partial charge in [-0.15, -0.1) is 0 Å². The second-order valence-corrected chi connectivity index (χ2v) is 9.66. The number of carbonyl (C=O) groups is 1. The Bertz CT molecular complexity index is 1140. The van der Waals surface area contributed by atoms with E-state index >= 15 is 0 Å². The minimum Gasteiger partial charge on any atom is -0.321 e. The molecule has 1 N–H and O–H groups in total. The molecule has 1 aromatic heterocycles. The zero-order valence-electron chi connectivity index (χ0n) is 18.2. The number of benzene rings is 2. The van der Waals surface area contributed by atoms with Gasteiger partial charge in [0, 0.05) is 48.4 Å². The van der Waals surface area contributed by atoms with E-state index in [1.54, 1.807) is 0 Å². The molecule has 0 bridgehead atoms. The third-order valence-electron chi connectivity index (χ3n) is 7.95. The molecule has 3 aliphatic rings. The normalized spacial score (nSPS) is 20.7. The Morgan fingerprint density at radius 1 is 1.13 bits per heavy atom. The van der Waals surface area contributed by atoms with Crippen molar-refractivity contribution in [1.82, 2.24) is 14.7 Å². The molecule has 6 rings (SSSR count). The number of anilines is 1. The van der Waals surface area contributed by atoms with Crippen molar-refractivity contribution in [3.63, 3.8) is 0 Å². The van der Waals surface area contributed by atoms with Gasteiger partial charge >= 0.3 is 0 Å². The molecule has 1 atom stereocenters. The van der Waals surface area contributed by atoms with Crippen molar-refractivity contribution < 1.29 is 4.79 Å². The molecule has 2 fully saturated rings.